The van der Waals surface area contributed by atoms with Crippen LogP contribution in [0.5, 0.6) is 5.75 Å². The third kappa shape index (κ3) is 3.25. The second-order valence-electron chi connectivity index (χ2n) is 4.68. The Bertz CT molecular complexity index is 391. The highest BCUT2D eigenvalue weighted by Crippen LogP contribution is 2.26. The molecule has 0 aliphatic carbocycles. The Morgan fingerprint density at radius 1 is 1.50 bits per heavy atom. The molecule has 100 valence electrons. The predicted molar refractivity (Wildman–Crippen MR) is 78.1 cm³/mol. The van der Waals surface area contributed by atoms with Gasteiger partial charge in [-0.05, 0) is 53.1 Å². The van der Waals surface area contributed by atoms with Crippen LogP contribution in [0, 0.1) is 0 Å². The van der Waals surface area contributed by atoms with Crippen molar-refractivity contribution in [3.05, 3.63) is 28.2 Å². The van der Waals surface area contributed by atoms with Crippen LogP contribution in [0.3, 0.4) is 0 Å². The minimum atomic E-state index is 0.677. The van der Waals surface area contributed by atoms with E-state index < -0.39 is 0 Å². The lowest BCUT2D eigenvalue weighted by molar-refractivity contribution is 0.210. The summed E-state index contributed by atoms with van der Waals surface area (Å²) >= 11 is 3.55. The largest absolute Gasteiger partial charge is 0.496 e. The molecule has 1 aromatic rings. The molecule has 0 amide bonds. The van der Waals surface area contributed by atoms with E-state index in [2.05, 4.69) is 45.2 Å². The normalized spacial score (nSPS) is 19.4. The van der Waals surface area contributed by atoms with Crippen molar-refractivity contribution in [3.63, 3.8) is 0 Å². The zero-order chi connectivity index (χ0) is 13.0. The summed E-state index contributed by atoms with van der Waals surface area (Å²) in [7, 11) is 1.70. The van der Waals surface area contributed by atoms with Gasteiger partial charge in [0.1, 0.15) is 5.75 Å². The second-order valence-corrected chi connectivity index (χ2v) is 5.53. The average Bonchev–Trinajstić information content (AvgIpc) is 2.90. The molecule has 1 saturated heterocycles. The van der Waals surface area contributed by atoms with Gasteiger partial charge in [0.15, 0.2) is 0 Å². The van der Waals surface area contributed by atoms with Crippen molar-refractivity contribution >= 4 is 15.9 Å². The van der Waals surface area contributed by atoms with Gasteiger partial charge in [-0.15, -0.1) is 0 Å². The minimum Gasteiger partial charge on any atom is -0.496 e. The molecule has 4 heteroatoms. The number of methoxy groups -OCH3 is 1. The van der Waals surface area contributed by atoms with E-state index in [4.69, 9.17) is 4.74 Å². The highest BCUT2D eigenvalue weighted by atomic mass is 79.9. The van der Waals surface area contributed by atoms with Crippen LogP contribution in [-0.2, 0) is 6.54 Å². The molecule has 1 aliphatic rings. The molecule has 1 atom stereocenters. The summed E-state index contributed by atoms with van der Waals surface area (Å²) in [6.45, 7) is 6.59. The Morgan fingerprint density at radius 3 is 2.89 bits per heavy atom. The monoisotopic (exact) mass is 312 g/mol. The predicted octanol–water partition coefficient (Wildman–Crippen LogP) is 2.64. The molecule has 1 aromatic carbocycles. The summed E-state index contributed by atoms with van der Waals surface area (Å²) < 4.78 is 6.29. The fourth-order valence-electron chi connectivity index (χ4n) is 2.49. The Balaban J connectivity index is 2.04. The van der Waals surface area contributed by atoms with Crippen molar-refractivity contribution in [2.75, 3.05) is 26.7 Å². The molecule has 0 bridgehead atoms. The van der Waals surface area contributed by atoms with Gasteiger partial charge in [0.2, 0.25) is 0 Å². The van der Waals surface area contributed by atoms with Gasteiger partial charge < -0.3 is 10.1 Å². The van der Waals surface area contributed by atoms with Crippen molar-refractivity contribution in [1.29, 1.82) is 0 Å². The first-order chi connectivity index (χ1) is 8.74. The Morgan fingerprint density at radius 2 is 2.33 bits per heavy atom. The smallest absolute Gasteiger partial charge is 0.133 e. The van der Waals surface area contributed by atoms with Crippen LogP contribution in [0.25, 0.3) is 0 Å². The second kappa shape index (κ2) is 6.55. The number of nitrogens with one attached hydrogen (secondary N) is 1. The van der Waals surface area contributed by atoms with Crippen molar-refractivity contribution in [2.24, 2.45) is 0 Å². The van der Waals surface area contributed by atoms with Gasteiger partial charge in [0, 0.05) is 19.1 Å². The summed E-state index contributed by atoms with van der Waals surface area (Å²) in [4.78, 5) is 2.54. The lowest BCUT2D eigenvalue weighted by Gasteiger charge is -2.27. The molecule has 18 heavy (non-hydrogen) atoms. The Labute approximate surface area is 118 Å². The third-order valence-electron chi connectivity index (χ3n) is 3.56. The number of likely N-dealkylation sites (N-methyl/N-ethyl adjacent to an activating group) is 1. The lowest BCUT2D eigenvalue weighted by Crippen LogP contribution is -2.36. The van der Waals surface area contributed by atoms with Gasteiger partial charge in [0.25, 0.3) is 0 Å². The topological polar surface area (TPSA) is 24.5 Å². The van der Waals surface area contributed by atoms with E-state index in [1.165, 1.54) is 12.0 Å². The summed E-state index contributed by atoms with van der Waals surface area (Å²) in [6, 6.07) is 7.01. The number of halogens is 1. The molecule has 3 nitrogen and oxygen atoms in total. The van der Waals surface area contributed by atoms with Crippen molar-refractivity contribution in [3.8, 4) is 5.75 Å². The maximum atomic E-state index is 5.26. The lowest BCUT2D eigenvalue weighted by atomic mass is 10.1. The minimum absolute atomic E-state index is 0.677. The molecule has 0 radical (unpaired) electrons. The van der Waals surface area contributed by atoms with Crippen LogP contribution in [0.4, 0.5) is 0 Å². The van der Waals surface area contributed by atoms with Crippen molar-refractivity contribution in [1.82, 2.24) is 10.2 Å². The van der Waals surface area contributed by atoms with Crippen LogP contribution in [0.15, 0.2) is 22.7 Å². The van der Waals surface area contributed by atoms with Crippen LogP contribution < -0.4 is 10.1 Å². The summed E-state index contributed by atoms with van der Waals surface area (Å²) in [5, 5.41) is 3.43. The van der Waals surface area contributed by atoms with E-state index in [0.717, 1.165) is 36.4 Å². The molecule has 0 saturated carbocycles. The zero-order valence-electron chi connectivity index (χ0n) is 11.1. The van der Waals surface area contributed by atoms with Gasteiger partial charge >= 0.3 is 0 Å². The Hall–Kier alpha value is -0.580. The first-order valence-corrected chi connectivity index (χ1v) is 7.31. The molecule has 1 aliphatic heterocycles. The third-order valence-corrected chi connectivity index (χ3v) is 4.18. The van der Waals surface area contributed by atoms with Crippen LogP contribution in [0.1, 0.15) is 18.9 Å². The van der Waals surface area contributed by atoms with Gasteiger partial charge in [0.05, 0.1) is 11.6 Å². The molecule has 1 heterocycles. The molecule has 1 fully saturated rings. The number of hydrogen-bond acceptors (Lipinski definition) is 3. The van der Waals surface area contributed by atoms with Crippen LogP contribution in [-0.4, -0.2) is 37.7 Å². The zero-order valence-corrected chi connectivity index (χ0v) is 12.7. The van der Waals surface area contributed by atoms with Crippen molar-refractivity contribution < 1.29 is 4.74 Å². The first kappa shape index (κ1) is 13.8. The van der Waals surface area contributed by atoms with Crippen molar-refractivity contribution in [2.45, 2.75) is 25.9 Å². The average molecular weight is 313 g/mol. The molecule has 1 unspecified atom stereocenters. The van der Waals surface area contributed by atoms with Crippen LogP contribution >= 0.6 is 15.9 Å². The maximum Gasteiger partial charge on any atom is 0.133 e. The number of rotatable bonds is 5. The highest BCUT2D eigenvalue weighted by Gasteiger charge is 2.21. The fourth-order valence-corrected chi connectivity index (χ4v) is 3.08. The van der Waals surface area contributed by atoms with Gasteiger partial charge in [-0.2, -0.15) is 0 Å². The molecular weight excluding hydrogens is 292 g/mol. The quantitative estimate of drug-likeness (QED) is 0.904. The number of hydrogen-bond donors (Lipinski definition) is 1. The van der Waals surface area contributed by atoms with Gasteiger partial charge in [-0.3, -0.25) is 4.90 Å². The van der Waals surface area contributed by atoms with Gasteiger partial charge in [-0.25, -0.2) is 0 Å². The summed E-state index contributed by atoms with van der Waals surface area (Å²) in [5.74, 6) is 0.893. The van der Waals surface area contributed by atoms with E-state index in [-0.39, 0.29) is 0 Å². The maximum absolute atomic E-state index is 5.26. The van der Waals surface area contributed by atoms with E-state index in [0.29, 0.717) is 6.04 Å². The van der Waals surface area contributed by atoms with E-state index in [1.807, 2.05) is 6.07 Å². The summed E-state index contributed by atoms with van der Waals surface area (Å²) in [6.07, 6.45) is 1.26. The molecule has 0 aromatic heterocycles. The molecule has 2 rings (SSSR count). The fraction of sp³-hybridized carbons (Fsp3) is 0.571. The van der Waals surface area contributed by atoms with Crippen LogP contribution in [0.2, 0.25) is 0 Å². The first-order valence-electron chi connectivity index (χ1n) is 6.51. The number of ether oxygens (including phenoxy) is 1. The van der Waals surface area contributed by atoms with Gasteiger partial charge in [-0.1, -0.05) is 13.0 Å². The standard InChI is InChI=1S/C14H21BrN2O/c1-3-17(12-6-7-16-9-12)10-11-4-5-14(18-2)13(15)8-11/h4-5,8,12,16H,3,6-7,9-10H2,1-2H3. The SMILES string of the molecule is CCN(Cc1ccc(OC)c(Br)c1)C1CCNC1. The molecular formula is C14H21BrN2O. The Kier molecular flexibility index (Phi) is 5.03. The molecule has 0 spiro atoms. The molecule has 1 N–H and O–H groups in total. The summed E-state index contributed by atoms with van der Waals surface area (Å²) in [5.41, 5.74) is 1.33. The van der Waals surface area contributed by atoms with E-state index >= 15 is 0 Å². The number of benzene rings is 1. The van der Waals surface area contributed by atoms with E-state index in [9.17, 15) is 0 Å². The highest BCUT2D eigenvalue weighted by molar-refractivity contribution is 9.10. The van der Waals surface area contributed by atoms with E-state index in [1.54, 1.807) is 7.11 Å². The number of nitrogens with zero attached hydrogens (tertiary/aromatic N) is 1.